The molecule has 1 saturated heterocycles. The maximum Gasteiger partial charge on any atom is 0.239 e. The van der Waals surface area contributed by atoms with Crippen LogP contribution in [0.1, 0.15) is 26.7 Å². The van der Waals surface area contributed by atoms with E-state index in [-0.39, 0.29) is 17.9 Å². The number of hydrogen-bond donors (Lipinski definition) is 2. The van der Waals surface area contributed by atoms with Crippen LogP contribution in [0.3, 0.4) is 0 Å². The summed E-state index contributed by atoms with van der Waals surface area (Å²) in [6, 6.07) is 7.48. The average Bonchev–Trinajstić information content (AvgIpc) is 2.88. The molecule has 1 heterocycles. The summed E-state index contributed by atoms with van der Waals surface area (Å²) in [6.45, 7) is 5.12. The highest BCUT2D eigenvalue weighted by Crippen LogP contribution is 2.31. The van der Waals surface area contributed by atoms with Gasteiger partial charge in [0.15, 0.2) is 0 Å². The van der Waals surface area contributed by atoms with Crippen molar-refractivity contribution in [3.63, 3.8) is 0 Å². The smallest absolute Gasteiger partial charge is 0.239 e. The Kier molecular flexibility index (Phi) is 6.18. The molecule has 2 rings (SSSR count). The van der Waals surface area contributed by atoms with Crippen molar-refractivity contribution in [2.75, 3.05) is 18.0 Å². The summed E-state index contributed by atoms with van der Waals surface area (Å²) in [7, 11) is 0. The lowest BCUT2D eigenvalue weighted by molar-refractivity contribution is -0.132. The highest BCUT2D eigenvalue weighted by Gasteiger charge is 2.38. The molecule has 1 aliphatic heterocycles. The molecule has 0 saturated carbocycles. The number of hydrogen-bond acceptors (Lipinski definition) is 3. The highest BCUT2D eigenvalue weighted by molar-refractivity contribution is 9.10. The van der Waals surface area contributed by atoms with Gasteiger partial charge in [-0.2, -0.15) is 0 Å². The molecule has 2 unspecified atom stereocenters. The molecule has 0 aromatic heterocycles. The summed E-state index contributed by atoms with van der Waals surface area (Å²) in [5.41, 5.74) is 6.54. The quantitative estimate of drug-likeness (QED) is 0.742. The Balaban J connectivity index is 2.04. The fourth-order valence-electron chi connectivity index (χ4n) is 2.92. The number of nitrogens with zero attached hydrogens (tertiary/aromatic N) is 1. The molecule has 2 atom stereocenters. The van der Waals surface area contributed by atoms with Crippen LogP contribution in [-0.4, -0.2) is 30.9 Å². The molecule has 23 heavy (non-hydrogen) atoms. The van der Waals surface area contributed by atoms with Crippen LogP contribution >= 0.6 is 15.9 Å². The van der Waals surface area contributed by atoms with Crippen LogP contribution in [-0.2, 0) is 9.59 Å². The SMILES string of the molecule is CC(C)CC(CN)NC(=O)C1CCN(c2ccccc2Br)C1=O. The van der Waals surface area contributed by atoms with Crippen LogP contribution in [0, 0.1) is 11.8 Å². The van der Waals surface area contributed by atoms with Gasteiger partial charge in [0.2, 0.25) is 11.8 Å². The number of amides is 2. The standard InChI is InChI=1S/C17H24BrN3O2/c1-11(2)9-12(10-19)20-16(22)13-7-8-21(17(13)23)15-6-4-3-5-14(15)18/h3-6,11-13H,7-10,19H2,1-2H3,(H,20,22). The van der Waals surface area contributed by atoms with E-state index >= 15 is 0 Å². The summed E-state index contributed by atoms with van der Waals surface area (Å²) in [5, 5.41) is 2.93. The first-order valence-electron chi connectivity index (χ1n) is 8.00. The minimum Gasteiger partial charge on any atom is -0.351 e. The second-order valence-electron chi connectivity index (χ2n) is 6.35. The first kappa shape index (κ1) is 17.9. The van der Waals surface area contributed by atoms with Crippen LogP contribution in [0.25, 0.3) is 0 Å². The van der Waals surface area contributed by atoms with Crippen molar-refractivity contribution < 1.29 is 9.59 Å². The Morgan fingerprint density at radius 1 is 1.43 bits per heavy atom. The molecular formula is C17H24BrN3O2. The van der Waals surface area contributed by atoms with Gasteiger partial charge in [0.1, 0.15) is 5.92 Å². The van der Waals surface area contributed by atoms with E-state index in [9.17, 15) is 9.59 Å². The van der Waals surface area contributed by atoms with Crippen molar-refractivity contribution in [3.8, 4) is 0 Å². The third kappa shape index (κ3) is 4.32. The van der Waals surface area contributed by atoms with E-state index in [0.717, 1.165) is 16.6 Å². The summed E-state index contributed by atoms with van der Waals surface area (Å²) >= 11 is 3.46. The Morgan fingerprint density at radius 2 is 2.13 bits per heavy atom. The molecule has 126 valence electrons. The molecule has 1 aliphatic rings. The lowest BCUT2D eigenvalue weighted by Gasteiger charge is -2.21. The Morgan fingerprint density at radius 3 is 2.74 bits per heavy atom. The van der Waals surface area contributed by atoms with Crippen molar-refractivity contribution in [2.24, 2.45) is 17.6 Å². The molecule has 0 radical (unpaired) electrons. The van der Waals surface area contributed by atoms with Gasteiger partial charge < -0.3 is 16.0 Å². The molecule has 1 aromatic carbocycles. The van der Waals surface area contributed by atoms with E-state index in [1.54, 1.807) is 4.90 Å². The zero-order chi connectivity index (χ0) is 17.0. The molecule has 3 N–H and O–H groups in total. The second-order valence-corrected chi connectivity index (χ2v) is 7.21. The normalized spacial score (nSPS) is 19.3. The second kappa shape index (κ2) is 7.93. The summed E-state index contributed by atoms with van der Waals surface area (Å²) in [5.74, 6) is -0.529. The van der Waals surface area contributed by atoms with Gasteiger partial charge in [0.05, 0.1) is 5.69 Å². The lowest BCUT2D eigenvalue weighted by Crippen LogP contribution is -2.45. The molecule has 2 amide bonds. The Labute approximate surface area is 145 Å². The number of rotatable bonds is 6. The zero-order valence-corrected chi connectivity index (χ0v) is 15.2. The van der Waals surface area contributed by atoms with Crippen LogP contribution in [0.5, 0.6) is 0 Å². The molecule has 0 aliphatic carbocycles. The summed E-state index contributed by atoms with van der Waals surface area (Å²) in [4.78, 5) is 26.7. The van der Waals surface area contributed by atoms with Crippen LogP contribution in [0.15, 0.2) is 28.7 Å². The maximum absolute atomic E-state index is 12.6. The minimum absolute atomic E-state index is 0.0761. The number of benzene rings is 1. The van der Waals surface area contributed by atoms with E-state index < -0.39 is 5.92 Å². The predicted molar refractivity (Wildman–Crippen MR) is 95.0 cm³/mol. The van der Waals surface area contributed by atoms with Crippen molar-refractivity contribution in [1.82, 2.24) is 5.32 Å². The summed E-state index contributed by atoms with van der Waals surface area (Å²) in [6.07, 6.45) is 1.35. The first-order valence-corrected chi connectivity index (χ1v) is 8.79. The first-order chi connectivity index (χ1) is 10.9. The largest absolute Gasteiger partial charge is 0.351 e. The van der Waals surface area contributed by atoms with Crippen LogP contribution < -0.4 is 16.0 Å². The van der Waals surface area contributed by atoms with E-state index in [2.05, 4.69) is 35.1 Å². The maximum atomic E-state index is 12.6. The van der Waals surface area contributed by atoms with Gasteiger partial charge in [0.25, 0.3) is 0 Å². The van der Waals surface area contributed by atoms with Gasteiger partial charge in [-0.3, -0.25) is 9.59 Å². The molecule has 1 aromatic rings. The minimum atomic E-state index is -0.622. The van der Waals surface area contributed by atoms with Crippen LogP contribution in [0.4, 0.5) is 5.69 Å². The fraction of sp³-hybridized carbons (Fsp3) is 0.529. The number of carbonyl (C=O) groups excluding carboxylic acids is 2. The third-order valence-electron chi connectivity index (χ3n) is 4.05. The molecule has 0 bridgehead atoms. The molecule has 1 fully saturated rings. The Hall–Kier alpha value is -1.40. The fourth-order valence-corrected chi connectivity index (χ4v) is 3.42. The average molecular weight is 382 g/mol. The van der Waals surface area contributed by atoms with E-state index in [4.69, 9.17) is 5.73 Å². The lowest BCUT2D eigenvalue weighted by atomic mass is 10.0. The van der Waals surface area contributed by atoms with E-state index in [0.29, 0.717) is 25.4 Å². The monoisotopic (exact) mass is 381 g/mol. The molecule has 6 heteroatoms. The van der Waals surface area contributed by atoms with Crippen molar-refractivity contribution >= 4 is 33.4 Å². The van der Waals surface area contributed by atoms with Gasteiger partial charge in [0, 0.05) is 23.6 Å². The number of nitrogens with one attached hydrogen (secondary N) is 1. The zero-order valence-electron chi connectivity index (χ0n) is 13.6. The predicted octanol–water partition coefficient (Wildman–Crippen LogP) is 2.29. The van der Waals surface area contributed by atoms with Crippen molar-refractivity contribution in [3.05, 3.63) is 28.7 Å². The van der Waals surface area contributed by atoms with Crippen LogP contribution in [0.2, 0.25) is 0 Å². The van der Waals surface area contributed by atoms with Crippen molar-refractivity contribution in [1.29, 1.82) is 0 Å². The van der Waals surface area contributed by atoms with E-state index in [1.165, 1.54) is 0 Å². The van der Waals surface area contributed by atoms with Gasteiger partial charge in [-0.05, 0) is 46.8 Å². The molecular weight excluding hydrogens is 358 g/mol. The van der Waals surface area contributed by atoms with Gasteiger partial charge in [-0.1, -0.05) is 26.0 Å². The molecule has 5 nitrogen and oxygen atoms in total. The topological polar surface area (TPSA) is 75.4 Å². The highest BCUT2D eigenvalue weighted by atomic mass is 79.9. The third-order valence-corrected chi connectivity index (χ3v) is 4.72. The Bertz CT molecular complexity index is 577. The molecule has 0 spiro atoms. The number of halogens is 1. The van der Waals surface area contributed by atoms with Gasteiger partial charge in [-0.15, -0.1) is 0 Å². The van der Waals surface area contributed by atoms with Gasteiger partial charge >= 0.3 is 0 Å². The van der Waals surface area contributed by atoms with E-state index in [1.807, 2.05) is 24.3 Å². The van der Waals surface area contributed by atoms with Crippen molar-refractivity contribution in [2.45, 2.75) is 32.7 Å². The van der Waals surface area contributed by atoms with Gasteiger partial charge in [-0.25, -0.2) is 0 Å². The summed E-state index contributed by atoms with van der Waals surface area (Å²) < 4.78 is 0.856. The number of anilines is 1. The number of para-hydroxylation sites is 1. The number of carbonyl (C=O) groups is 2. The number of nitrogens with two attached hydrogens (primary N) is 1.